The standard InChI is InChI=1S/C18H22NO5PS/c1-12-6-15(24-11-25(3,21)22)7-13(2)16(12)8-14-4-5-17(20)18(9-14)26(23)10-19-26/h4-7,9,20H,8,10-11H2,1-3H3,(H,21,22). The lowest BCUT2D eigenvalue weighted by molar-refractivity contribution is 0.352. The molecule has 2 aromatic rings. The van der Waals surface area contributed by atoms with Crippen molar-refractivity contribution in [3.63, 3.8) is 0 Å². The van der Waals surface area contributed by atoms with Gasteiger partial charge in [-0.25, -0.2) is 8.57 Å². The molecule has 26 heavy (non-hydrogen) atoms. The summed E-state index contributed by atoms with van der Waals surface area (Å²) in [7, 11) is -5.62. The third-order valence-corrected chi connectivity index (χ3v) is 6.60. The fourth-order valence-electron chi connectivity index (χ4n) is 2.83. The van der Waals surface area contributed by atoms with Gasteiger partial charge in [0.15, 0.2) is 6.35 Å². The van der Waals surface area contributed by atoms with Gasteiger partial charge in [0.05, 0.1) is 4.90 Å². The van der Waals surface area contributed by atoms with E-state index >= 15 is 0 Å². The molecule has 2 unspecified atom stereocenters. The maximum absolute atomic E-state index is 12.3. The molecule has 0 saturated carbocycles. The average Bonchev–Trinajstić information content (AvgIpc) is 3.28. The molecule has 8 heteroatoms. The second-order valence-corrected chi connectivity index (χ2v) is 11.3. The SMILES string of the molecule is Cc1cc(OCP(C)(=O)O)cc(C)c1Cc1ccc(O)c(S2(=O)=NC2)c1. The van der Waals surface area contributed by atoms with E-state index in [1.807, 2.05) is 32.0 Å². The van der Waals surface area contributed by atoms with E-state index in [0.717, 1.165) is 22.3 Å². The quantitative estimate of drug-likeness (QED) is 0.728. The number of nitrogens with zero attached hydrogens (tertiary/aromatic N) is 1. The molecule has 0 aliphatic carbocycles. The Morgan fingerprint density at radius 3 is 2.38 bits per heavy atom. The maximum Gasteiger partial charge on any atom is 0.233 e. The normalized spacial score (nSPS) is 20.9. The van der Waals surface area contributed by atoms with E-state index in [9.17, 15) is 18.8 Å². The lowest BCUT2D eigenvalue weighted by Crippen LogP contribution is -2.01. The number of phenols is 1. The molecule has 0 aromatic heterocycles. The highest BCUT2D eigenvalue weighted by molar-refractivity contribution is 7.98. The molecule has 2 aromatic carbocycles. The Kier molecular flexibility index (Phi) is 4.90. The minimum atomic E-state index is -3.23. The Labute approximate surface area is 153 Å². The summed E-state index contributed by atoms with van der Waals surface area (Å²) < 4.78 is 33.0. The van der Waals surface area contributed by atoms with Crippen molar-refractivity contribution in [2.24, 2.45) is 4.36 Å². The van der Waals surface area contributed by atoms with Crippen LogP contribution in [0.5, 0.6) is 11.5 Å². The third-order valence-electron chi connectivity index (χ3n) is 4.25. The molecule has 2 N–H and O–H groups in total. The van der Waals surface area contributed by atoms with E-state index < -0.39 is 17.1 Å². The van der Waals surface area contributed by atoms with Crippen LogP contribution in [0.25, 0.3) is 0 Å². The molecule has 1 aliphatic heterocycles. The number of aryl methyl sites for hydroxylation is 2. The molecule has 6 nitrogen and oxygen atoms in total. The van der Waals surface area contributed by atoms with Gasteiger partial charge in [-0.15, -0.1) is 0 Å². The van der Waals surface area contributed by atoms with Crippen molar-refractivity contribution in [2.75, 3.05) is 18.9 Å². The first-order valence-electron chi connectivity index (χ1n) is 8.12. The van der Waals surface area contributed by atoms with Crippen molar-refractivity contribution >= 4 is 17.1 Å². The Morgan fingerprint density at radius 2 is 1.85 bits per heavy atom. The lowest BCUT2D eigenvalue weighted by Gasteiger charge is -2.15. The predicted octanol–water partition coefficient (Wildman–Crippen LogP) is 3.63. The first-order valence-corrected chi connectivity index (χ1v) is 12.1. The summed E-state index contributed by atoms with van der Waals surface area (Å²) in [4.78, 5) is 9.77. The number of hydrogen-bond acceptors (Lipinski definition) is 5. The minimum Gasteiger partial charge on any atom is -0.507 e. The number of hydrogen-bond donors (Lipinski definition) is 2. The number of benzene rings is 2. The first kappa shape index (κ1) is 19.0. The molecule has 1 aliphatic rings. The van der Waals surface area contributed by atoms with Crippen molar-refractivity contribution < 1.29 is 23.5 Å². The summed E-state index contributed by atoms with van der Waals surface area (Å²) in [5.74, 6) is 0.858. The monoisotopic (exact) mass is 395 g/mol. The topological polar surface area (TPSA) is 96.2 Å². The zero-order chi connectivity index (χ0) is 19.1. The lowest BCUT2D eigenvalue weighted by atomic mass is 9.96. The molecule has 0 radical (unpaired) electrons. The summed E-state index contributed by atoms with van der Waals surface area (Å²) in [6, 6.07) is 8.82. The van der Waals surface area contributed by atoms with Crippen molar-refractivity contribution in [1.82, 2.24) is 0 Å². The second kappa shape index (κ2) is 6.72. The van der Waals surface area contributed by atoms with Crippen LogP contribution in [0.15, 0.2) is 39.6 Å². The molecule has 0 spiro atoms. The number of aromatic hydroxyl groups is 1. The Bertz CT molecular complexity index is 1010. The predicted molar refractivity (Wildman–Crippen MR) is 102 cm³/mol. The van der Waals surface area contributed by atoms with Gasteiger partial charge in [0.25, 0.3) is 0 Å². The number of rotatable bonds is 6. The largest absolute Gasteiger partial charge is 0.507 e. The van der Waals surface area contributed by atoms with Gasteiger partial charge in [0.2, 0.25) is 7.37 Å². The van der Waals surface area contributed by atoms with Crippen molar-refractivity contribution in [1.29, 1.82) is 0 Å². The van der Waals surface area contributed by atoms with Gasteiger partial charge in [-0.3, -0.25) is 4.57 Å². The van der Waals surface area contributed by atoms with Crippen molar-refractivity contribution in [3.05, 3.63) is 52.6 Å². The maximum atomic E-state index is 12.3. The van der Waals surface area contributed by atoms with Crippen LogP contribution in [0.2, 0.25) is 0 Å². The molecule has 0 amide bonds. The van der Waals surface area contributed by atoms with E-state index in [0.29, 0.717) is 17.1 Å². The molecule has 0 bridgehead atoms. The van der Waals surface area contributed by atoms with Crippen LogP contribution in [0.4, 0.5) is 0 Å². The van der Waals surface area contributed by atoms with Crippen LogP contribution < -0.4 is 4.74 Å². The Morgan fingerprint density at radius 1 is 1.23 bits per heavy atom. The van der Waals surface area contributed by atoms with Crippen LogP contribution >= 0.6 is 7.37 Å². The van der Waals surface area contributed by atoms with E-state index in [4.69, 9.17) is 4.74 Å². The van der Waals surface area contributed by atoms with Crippen LogP contribution in [0.1, 0.15) is 22.3 Å². The summed E-state index contributed by atoms with van der Waals surface area (Å²) in [6.45, 7) is 5.18. The Balaban J connectivity index is 1.86. The zero-order valence-corrected chi connectivity index (χ0v) is 16.6. The van der Waals surface area contributed by atoms with Gasteiger partial charge in [-0.1, -0.05) is 6.07 Å². The fourth-order valence-corrected chi connectivity index (χ4v) is 4.61. The molecule has 0 fully saturated rings. The van der Waals surface area contributed by atoms with Gasteiger partial charge >= 0.3 is 0 Å². The first-order chi connectivity index (χ1) is 12.1. The molecule has 0 saturated heterocycles. The summed E-state index contributed by atoms with van der Waals surface area (Å²) >= 11 is 0. The smallest absolute Gasteiger partial charge is 0.233 e. The van der Waals surface area contributed by atoms with E-state index in [1.165, 1.54) is 6.66 Å². The average molecular weight is 395 g/mol. The highest BCUT2D eigenvalue weighted by Crippen LogP contribution is 2.36. The molecular formula is C18H22NO5PS. The zero-order valence-electron chi connectivity index (χ0n) is 14.9. The summed E-state index contributed by atoms with van der Waals surface area (Å²) in [5, 5.41) is 9.95. The highest BCUT2D eigenvalue weighted by Gasteiger charge is 2.26. The Hall–Kier alpha value is -1.82. The van der Waals surface area contributed by atoms with E-state index in [-0.39, 0.29) is 18.0 Å². The van der Waals surface area contributed by atoms with Crippen LogP contribution in [-0.4, -0.2) is 33.1 Å². The van der Waals surface area contributed by atoms with Crippen LogP contribution in [0.3, 0.4) is 0 Å². The van der Waals surface area contributed by atoms with Crippen LogP contribution in [0, 0.1) is 13.8 Å². The molecule has 3 rings (SSSR count). The summed E-state index contributed by atoms with van der Waals surface area (Å²) in [5.41, 5.74) is 4.04. The molecule has 1 heterocycles. The fraction of sp³-hybridized carbons (Fsp3) is 0.333. The van der Waals surface area contributed by atoms with E-state index in [2.05, 4.69) is 4.36 Å². The van der Waals surface area contributed by atoms with Crippen molar-refractivity contribution in [2.45, 2.75) is 25.2 Å². The third kappa shape index (κ3) is 4.29. The summed E-state index contributed by atoms with van der Waals surface area (Å²) in [6.07, 6.45) is 0.400. The van der Waals surface area contributed by atoms with Gasteiger partial charge in [-0.2, -0.15) is 0 Å². The van der Waals surface area contributed by atoms with Crippen LogP contribution in [-0.2, 0) is 20.7 Å². The van der Waals surface area contributed by atoms with Gasteiger partial charge in [-0.05, 0) is 66.8 Å². The molecule has 2 atom stereocenters. The highest BCUT2D eigenvalue weighted by atomic mass is 32.2. The number of phenolic OH excluding ortho intramolecular Hbond substituents is 1. The van der Waals surface area contributed by atoms with Gasteiger partial charge in [0.1, 0.15) is 27.1 Å². The minimum absolute atomic E-state index is 0.0187. The second-order valence-electron chi connectivity index (χ2n) is 6.74. The van der Waals surface area contributed by atoms with Gasteiger partial charge < -0.3 is 14.7 Å². The van der Waals surface area contributed by atoms with Crippen molar-refractivity contribution in [3.8, 4) is 11.5 Å². The van der Waals surface area contributed by atoms with Gasteiger partial charge in [0, 0.05) is 6.66 Å². The number of ether oxygens (including phenoxy) is 1. The molecule has 140 valence electrons. The molecular weight excluding hydrogens is 373 g/mol. The van der Waals surface area contributed by atoms with E-state index in [1.54, 1.807) is 12.1 Å².